The number of carbonyl (C=O) groups is 2. The highest BCUT2D eigenvalue weighted by Gasteiger charge is 2.18. The molecular formula is C19H22N2O5S. The van der Waals surface area contributed by atoms with Crippen LogP contribution in [0.25, 0.3) is 0 Å². The van der Waals surface area contributed by atoms with Crippen LogP contribution >= 0.6 is 0 Å². The summed E-state index contributed by atoms with van der Waals surface area (Å²) in [6, 6.07) is 10.5. The van der Waals surface area contributed by atoms with Crippen molar-refractivity contribution in [3.63, 3.8) is 0 Å². The smallest absolute Gasteiger partial charge is 0.261 e. The summed E-state index contributed by atoms with van der Waals surface area (Å²) in [6.07, 6.45) is 0.249. The van der Waals surface area contributed by atoms with E-state index in [0.29, 0.717) is 17.9 Å². The van der Waals surface area contributed by atoms with Crippen LogP contribution in [0.3, 0.4) is 0 Å². The molecule has 144 valence electrons. The van der Waals surface area contributed by atoms with Crippen LogP contribution in [-0.4, -0.2) is 26.7 Å². The molecule has 2 aromatic rings. The lowest BCUT2D eigenvalue weighted by Gasteiger charge is -2.14. The molecule has 0 saturated carbocycles. The SMILES string of the molecule is CCOc1ccc(S(=O)(=O)Nc2cccc(C(C)=O)c2)cc1NC(=O)CC. The summed E-state index contributed by atoms with van der Waals surface area (Å²) < 4.78 is 33.3. The van der Waals surface area contributed by atoms with Crippen molar-refractivity contribution in [2.24, 2.45) is 0 Å². The second-order valence-electron chi connectivity index (χ2n) is 5.74. The van der Waals surface area contributed by atoms with Crippen LogP contribution in [0.2, 0.25) is 0 Å². The van der Waals surface area contributed by atoms with E-state index in [-0.39, 0.29) is 34.4 Å². The predicted molar refractivity (Wildman–Crippen MR) is 104 cm³/mol. The van der Waals surface area contributed by atoms with Crippen LogP contribution in [0.4, 0.5) is 11.4 Å². The van der Waals surface area contributed by atoms with Crippen molar-refractivity contribution in [1.82, 2.24) is 0 Å². The number of hydrogen-bond acceptors (Lipinski definition) is 5. The van der Waals surface area contributed by atoms with E-state index < -0.39 is 10.0 Å². The average Bonchev–Trinajstić information content (AvgIpc) is 2.63. The number of anilines is 2. The first-order valence-electron chi connectivity index (χ1n) is 8.47. The van der Waals surface area contributed by atoms with E-state index >= 15 is 0 Å². The molecule has 0 aliphatic heterocycles. The Kier molecular flexibility index (Phi) is 6.57. The summed E-state index contributed by atoms with van der Waals surface area (Å²) in [5, 5.41) is 2.64. The van der Waals surface area contributed by atoms with Gasteiger partial charge in [0.05, 0.1) is 17.2 Å². The third kappa shape index (κ3) is 5.30. The predicted octanol–water partition coefficient (Wildman–Crippen LogP) is 3.44. The van der Waals surface area contributed by atoms with Gasteiger partial charge in [0.2, 0.25) is 5.91 Å². The summed E-state index contributed by atoms with van der Waals surface area (Å²) >= 11 is 0. The van der Waals surface area contributed by atoms with Crippen molar-refractivity contribution in [3.8, 4) is 5.75 Å². The lowest BCUT2D eigenvalue weighted by molar-refractivity contribution is -0.115. The number of carbonyl (C=O) groups excluding carboxylic acids is 2. The molecule has 1 amide bonds. The molecule has 2 aromatic carbocycles. The minimum Gasteiger partial charge on any atom is -0.492 e. The van der Waals surface area contributed by atoms with Gasteiger partial charge in [-0.2, -0.15) is 0 Å². The van der Waals surface area contributed by atoms with Gasteiger partial charge in [-0.3, -0.25) is 14.3 Å². The van der Waals surface area contributed by atoms with Crippen LogP contribution < -0.4 is 14.8 Å². The highest BCUT2D eigenvalue weighted by Crippen LogP contribution is 2.29. The zero-order valence-electron chi connectivity index (χ0n) is 15.4. The Bertz CT molecular complexity index is 954. The van der Waals surface area contributed by atoms with Crippen LogP contribution in [0.1, 0.15) is 37.6 Å². The first kappa shape index (κ1) is 20.4. The molecule has 0 saturated heterocycles. The summed E-state index contributed by atoms with van der Waals surface area (Å²) in [4.78, 5) is 23.2. The van der Waals surface area contributed by atoms with Crippen molar-refractivity contribution < 1.29 is 22.7 Å². The van der Waals surface area contributed by atoms with E-state index in [9.17, 15) is 18.0 Å². The molecule has 0 fully saturated rings. The number of ketones is 1. The normalized spacial score (nSPS) is 10.9. The standard InChI is InChI=1S/C19H22N2O5S/c1-4-19(23)20-17-12-16(9-10-18(17)26-5-2)27(24,25)21-15-8-6-7-14(11-15)13(3)22/h6-12,21H,4-5H2,1-3H3,(H,20,23). The van der Waals surface area contributed by atoms with E-state index in [1.807, 2.05) is 0 Å². The molecule has 2 rings (SSSR count). The number of sulfonamides is 1. The maximum atomic E-state index is 12.7. The van der Waals surface area contributed by atoms with Crippen molar-refractivity contribution >= 4 is 33.1 Å². The van der Waals surface area contributed by atoms with E-state index in [4.69, 9.17) is 4.74 Å². The topological polar surface area (TPSA) is 102 Å². The lowest BCUT2D eigenvalue weighted by Crippen LogP contribution is -2.15. The van der Waals surface area contributed by atoms with E-state index in [1.54, 1.807) is 32.0 Å². The average molecular weight is 390 g/mol. The van der Waals surface area contributed by atoms with Crippen LogP contribution in [0.5, 0.6) is 5.75 Å². The third-order valence-corrected chi connectivity index (χ3v) is 5.06. The Hall–Kier alpha value is -2.87. The largest absolute Gasteiger partial charge is 0.492 e. The van der Waals surface area contributed by atoms with E-state index in [0.717, 1.165) is 0 Å². The molecule has 0 radical (unpaired) electrons. The number of hydrogen-bond donors (Lipinski definition) is 2. The summed E-state index contributed by atoms with van der Waals surface area (Å²) in [5.74, 6) is -0.0360. The molecule has 0 aromatic heterocycles. The molecular weight excluding hydrogens is 368 g/mol. The van der Waals surface area contributed by atoms with Crippen molar-refractivity contribution in [2.45, 2.75) is 32.1 Å². The number of Topliss-reactive ketones (excluding diaryl/α,β-unsaturated/α-hetero) is 1. The highest BCUT2D eigenvalue weighted by atomic mass is 32.2. The Morgan fingerprint density at radius 2 is 1.81 bits per heavy atom. The Balaban J connectivity index is 2.37. The first-order chi connectivity index (χ1) is 12.8. The fourth-order valence-electron chi connectivity index (χ4n) is 2.31. The zero-order valence-corrected chi connectivity index (χ0v) is 16.2. The highest BCUT2D eigenvalue weighted by molar-refractivity contribution is 7.92. The quantitative estimate of drug-likeness (QED) is 0.672. The van der Waals surface area contributed by atoms with Crippen LogP contribution in [-0.2, 0) is 14.8 Å². The molecule has 0 aliphatic carbocycles. The maximum Gasteiger partial charge on any atom is 0.261 e. The van der Waals surface area contributed by atoms with Crippen molar-refractivity contribution in [3.05, 3.63) is 48.0 Å². The van der Waals surface area contributed by atoms with Crippen molar-refractivity contribution in [2.75, 3.05) is 16.6 Å². The first-order valence-corrected chi connectivity index (χ1v) is 9.95. The summed E-state index contributed by atoms with van der Waals surface area (Å²) in [6.45, 7) is 5.26. The van der Waals surface area contributed by atoms with Gasteiger partial charge in [-0.05, 0) is 44.2 Å². The zero-order chi connectivity index (χ0) is 20.0. The van der Waals surface area contributed by atoms with E-state index in [2.05, 4.69) is 10.0 Å². The van der Waals surface area contributed by atoms with Crippen molar-refractivity contribution in [1.29, 1.82) is 0 Å². The minimum atomic E-state index is -3.92. The van der Waals surface area contributed by atoms with Gasteiger partial charge in [0.15, 0.2) is 5.78 Å². The number of rotatable bonds is 8. The second-order valence-corrected chi connectivity index (χ2v) is 7.42. The number of amides is 1. The van der Waals surface area contributed by atoms with Gasteiger partial charge in [-0.1, -0.05) is 19.1 Å². The molecule has 27 heavy (non-hydrogen) atoms. The van der Waals surface area contributed by atoms with Crippen LogP contribution in [0.15, 0.2) is 47.4 Å². The van der Waals surface area contributed by atoms with Gasteiger partial charge >= 0.3 is 0 Å². The van der Waals surface area contributed by atoms with Gasteiger partial charge in [0, 0.05) is 17.7 Å². The fraction of sp³-hybridized carbons (Fsp3) is 0.263. The second kappa shape index (κ2) is 8.68. The van der Waals surface area contributed by atoms with Gasteiger partial charge in [-0.25, -0.2) is 8.42 Å². The number of benzene rings is 2. The minimum absolute atomic E-state index is 0.0365. The molecule has 0 spiro atoms. The Labute approximate surface area is 158 Å². The maximum absolute atomic E-state index is 12.7. The van der Waals surface area contributed by atoms with Gasteiger partial charge in [0.1, 0.15) is 5.75 Å². The molecule has 0 unspecified atom stereocenters. The third-order valence-electron chi connectivity index (χ3n) is 3.68. The van der Waals surface area contributed by atoms with Crippen LogP contribution in [0, 0.1) is 0 Å². The lowest BCUT2D eigenvalue weighted by atomic mass is 10.1. The molecule has 0 aliphatic rings. The number of ether oxygens (including phenoxy) is 1. The molecule has 7 nitrogen and oxygen atoms in total. The monoisotopic (exact) mass is 390 g/mol. The molecule has 0 bridgehead atoms. The molecule has 8 heteroatoms. The van der Waals surface area contributed by atoms with E-state index in [1.165, 1.54) is 31.2 Å². The Morgan fingerprint density at radius 3 is 2.44 bits per heavy atom. The summed E-state index contributed by atoms with van der Waals surface area (Å²) in [5.41, 5.74) is 0.956. The summed E-state index contributed by atoms with van der Waals surface area (Å²) in [7, 11) is -3.92. The molecule has 0 heterocycles. The number of nitrogens with one attached hydrogen (secondary N) is 2. The van der Waals surface area contributed by atoms with Gasteiger partial charge in [0.25, 0.3) is 10.0 Å². The molecule has 0 atom stereocenters. The fourth-order valence-corrected chi connectivity index (χ4v) is 3.38. The van der Waals surface area contributed by atoms with Gasteiger partial charge < -0.3 is 10.1 Å². The molecule has 2 N–H and O–H groups in total. The van der Waals surface area contributed by atoms with Gasteiger partial charge in [-0.15, -0.1) is 0 Å². The Morgan fingerprint density at radius 1 is 1.07 bits per heavy atom.